The quantitative estimate of drug-likeness (QED) is 0.840. The van der Waals surface area contributed by atoms with Crippen LogP contribution in [-0.4, -0.2) is 30.5 Å². The normalized spacial score (nSPS) is 19.3. The Hall–Kier alpha value is -0.940. The molecule has 2 N–H and O–H groups in total. The Labute approximate surface area is 119 Å². The van der Waals surface area contributed by atoms with E-state index in [0.29, 0.717) is 5.92 Å². The molecule has 4 nitrogen and oxygen atoms in total. The molecule has 1 aromatic rings. The summed E-state index contributed by atoms with van der Waals surface area (Å²) in [5.74, 6) is 0.745. The number of hydrogen-bond acceptors (Lipinski definition) is 4. The van der Waals surface area contributed by atoms with Crippen molar-refractivity contribution in [3.8, 4) is 0 Å². The Kier molecular flexibility index (Phi) is 5.79. The highest BCUT2D eigenvalue weighted by atomic mass is 32.1. The minimum Gasteiger partial charge on any atom is -0.351 e. The lowest BCUT2D eigenvalue weighted by Crippen LogP contribution is -2.33. The second-order valence-electron chi connectivity index (χ2n) is 5.13. The third-order valence-electron chi connectivity index (χ3n) is 3.48. The van der Waals surface area contributed by atoms with Crippen molar-refractivity contribution in [2.24, 2.45) is 5.92 Å². The minimum absolute atomic E-state index is 0.0311. The number of nitrogens with one attached hydrogen (secondary N) is 2. The van der Waals surface area contributed by atoms with E-state index in [4.69, 9.17) is 0 Å². The Morgan fingerprint density at radius 3 is 3.26 bits per heavy atom. The van der Waals surface area contributed by atoms with E-state index in [-0.39, 0.29) is 5.91 Å². The average Bonchev–Trinajstić information content (AvgIpc) is 2.89. The Morgan fingerprint density at radius 2 is 2.53 bits per heavy atom. The summed E-state index contributed by atoms with van der Waals surface area (Å²) < 4.78 is 0. The van der Waals surface area contributed by atoms with Crippen molar-refractivity contribution in [1.29, 1.82) is 0 Å². The smallest absolute Gasteiger partial charge is 0.263 e. The molecule has 0 radical (unpaired) electrons. The maximum Gasteiger partial charge on any atom is 0.263 e. The van der Waals surface area contributed by atoms with Gasteiger partial charge in [0.25, 0.3) is 5.91 Å². The molecule has 1 amide bonds. The van der Waals surface area contributed by atoms with Crippen molar-refractivity contribution in [3.05, 3.63) is 16.1 Å². The van der Waals surface area contributed by atoms with Gasteiger partial charge in [0.1, 0.15) is 4.88 Å². The third kappa shape index (κ3) is 4.58. The van der Waals surface area contributed by atoms with Gasteiger partial charge < -0.3 is 10.6 Å². The van der Waals surface area contributed by atoms with Crippen molar-refractivity contribution in [2.45, 2.75) is 39.0 Å². The largest absolute Gasteiger partial charge is 0.351 e. The molecular weight excluding hydrogens is 258 g/mol. The molecule has 0 aromatic carbocycles. The zero-order valence-electron chi connectivity index (χ0n) is 11.6. The number of amides is 1. The topological polar surface area (TPSA) is 54.0 Å². The molecule has 1 aromatic heterocycles. The first-order valence-corrected chi connectivity index (χ1v) is 8.05. The highest BCUT2D eigenvalue weighted by molar-refractivity contribution is 7.13. The highest BCUT2D eigenvalue weighted by Gasteiger charge is 2.14. The van der Waals surface area contributed by atoms with Gasteiger partial charge in [0, 0.05) is 6.54 Å². The first kappa shape index (κ1) is 14.5. The number of hydrogen-bond donors (Lipinski definition) is 2. The maximum absolute atomic E-state index is 11.9. The summed E-state index contributed by atoms with van der Waals surface area (Å²) in [5.41, 5.74) is 0. The van der Waals surface area contributed by atoms with Crippen LogP contribution in [0.5, 0.6) is 0 Å². The van der Waals surface area contributed by atoms with Gasteiger partial charge in [0.15, 0.2) is 0 Å². The monoisotopic (exact) mass is 281 g/mol. The lowest BCUT2D eigenvalue weighted by atomic mass is 9.96. The van der Waals surface area contributed by atoms with E-state index in [0.717, 1.165) is 48.8 Å². The Morgan fingerprint density at radius 1 is 1.63 bits per heavy atom. The molecule has 1 aliphatic heterocycles. The van der Waals surface area contributed by atoms with Crippen molar-refractivity contribution in [1.82, 2.24) is 15.6 Å². The van der Waals surface area contributed by atoms with Crippen LogP contribution in [0.1, 0.15) is 47.3 Å². The summed E-state index contributed by atoms with van der Waals surface area (Å²) in [6.07, 6.45) is 7.35. The second-order valence-corrected chi connectivity index (χ2v) is 6.24. The molecular formula is C14H23N3OS. The molecule has 1 saturated heterocycles. The van der Waals surface area contributed by atoms with Gasteiger partial charge in [0.05, 0.1) is 11.2 Å². The van der Waals surface area contributed by atoms with E-state index >= 15 is 0 Å². The third-order valence-corrected chi connectivity index (χ3v) is 4.53. The first-order valence-electron chi connectivity index (χ1n) is 7.23. The molecule has 1 fully saturated rings. The molecule has 0 aliphatic carbocycles. The molecule has 0 bridgehead atoms. The van der Waals surface area contributed by atoms with Crippen LogP contribution in [0.4, 0.5) is 0 Å². The number of piperidine rings is 1. The van der Waals surface area contributed by atoms with Crippen LogP contribution >= 0.6 is 11.3 Å². The van der Waals surface area contributed by atoms with Gasteiger partial charge in [-0.1, -0.05) is 6.92 Å². The van der Waals surface area contributed by atoms with Gasteiger partial charge in [-0.05, 0) is 51.1 Å². The molecule has 1 unspecified atom stereocenters. The summed E-state index contributed by atoms with van der Waals surface area (Å²) >= 11 is 1.52. The average molecular weight is 281 g/mol. The fourth-order valence-corrected chi connectivity index (χ4v) is 3.33. The fourth-order valence-electron chi connectivity index (χ4n) is 2.39. The Balaban J connectivity index is 1.70. The van der Waals surface area contributed by atoms with Crippen LogP contribution in [-0.2, 0) is 6.42 Å². The summed E-state index contributed by atoms with van der Waals surface area (Å²) in [6.45, 7) is 5.13. The van der Waals surface area contributed by atoms with Crippen LogP contribution in [0.2, 0.25) is 0 Å². The lowest BCUT2D eigenvalue weighted by molar-refractivity contribution is 0.0954. The van der Waals surface area contributed by atoms with E-state index in [1.165, 1.54) is 24.2 Å². The number of carbonyl (C=O) groups excluding carboxylic acids is 1. The van der Waals surface area contributed by atoms with Crippen LogP contribution in [0.3, 0.4) is 0 Å². The predicted molar refractivity (Wildman–Crippen MR) is 78.7 cm³/mol. The summed E-state index contributed by atoms with van der Waals surface area (Å²) in [6, 6.07) is 0. The van der Waals surface area contributed by atoms with Gasteiger partial charge >= 0.3 is 0 Å². The molecule has 0 spiro atoms. The number of thiazole rings is 1. The van der Waals surface area contributed by atoms with Crippen LogP contribution < -0.4 is 10.6 Å². The Bertz CT molecular complexity index is 399. The van der Waals surface area contributed by atoms with Gasteiger partial charge in [-0.15, -0.1) is 11.3 Å². The number of aryl methyl sites for hydroxylation is 1. The van der Waals surface area contributed by atoms with Crippen molar-refractivity contribution < 1.29 is 4.79 Å². The number of rotatable bonds is 6. The molecule has 106 valence electrons. The first-order chi connectivity index (χ1) is 9.29. The van der Waals surface area contributed by atoms with E-state index in [2.05, 4.69) is 22.5 Å². The fraction of sp³-hybridized carbons (Fsp3) is 0.714. The van der Waals surface area contributed by atoms with Crippen molar-refractivity contribution in [3.63, 3.8) is 0 Å². The number of carbonyl (C=O) groups is 1. The standard InChI is InChI=1S/C14H23N3OS/c1-2-4-13-17-10-12(19-13)14(18)16-8-6-11-5-3-7-15-9-11/h10-11,15H,2-9H2,1H3,(H,16,18). The SMILES string of the molecule is CCCc1ncc(C(=O)NCCC2CCCNC2)s1. The minimum atomic E-state index is 0.0311. The molecule has 2 rings (SSSR count). The molecule has 19 heavy (non-hydrogen) atoms. The van der Waals surface area contributed by atoms with E-state index in [1.807, 2.05) is 0 Å². The zero-order chi connectivity index (χ0) is 13.5. The number of nitrogens with zero attached hydrogens (tertiary/aromatic N) is 1. The van der Waals surface area contributed by atoms with E-state index in [9.17, 15) is 4.79 Å². The van der Waals surface area contributed by atoms with E-state index < -0.39 is 0 Å². The summed E-state index contributed by atoms with van der Waals surface area (Å²) in [7, 11) is 0. The molecule has 5 heteroatoms. The van der Waals surface area contributed by atoms with Gasteiger partial charge in [-0.2, -0.15) is 0 Å². The van der Waals surface area contributed by atoms with Crippen LogP contribution in [0.15, 0.2) is 6.20 Å². The van der Waals surface area contributed by atoms with Crippen molar-refractivity contribution >= 4 is 17.2 Å². The van der Waals surface area contributed by atoms with Gasteiger partial charge in [-0.3, -0.25) is 4.79 Å². The van der Waals surface area contributed by atoms with Gasteiger partial charge in [0.2, 0.25) is 0 Å². The van der Waals surface area contributed by atoms with Crippen LogP contribution in [0.25, 0.3) is 0 Å². The zero-order valence-corrected chi connectivity index (χ0v) is 12.4. The number of aromatic nitrogens is 1. The van der Waals surface area contributed by atoms with E-state index in [1.54, 1.807) is 6.20 Å². The lowest BCUT2D eigenvalue weighted by Gasteiger charge is -2.22. The second kappa shape index (κ2) is 7.60. The predicted octanol–water partition coefficient (Wildman–Crippen LogP) is 2.22. The maximum atomic E-state index is 11.9. The molecule has 0 saturated carbocycles. The van der Waals surface area contributed by atoms with Crippen molar-refractivity contribution in [2.75, 3.05) is 19.6 Å². The summed E-state index contributed by atoms with van der Waals surface area (Å²) in [4.78, 5) is 17.0. The molecule has 1 aliphatic rings. The molecule has 2 heterocycles. The van der Waals surface area contributed by atoms with Gasteiger partial charge in [-0.25, -0.2) is 4.98 Å². The highest BCUT2D eigenvalue weighted by Crippen LogP contribution is 2.15. The van der Waals surface area contributed by atoms with Crippen LogP contribution in [0, 0.1) is 5.92 Å². The summed E-state index contributed by atoms with van der Waals surface area (Å²) in [5, 5.41) is 7.47. The molecule has 1 atom stereocenters.